The summed E-state index contributed by atoms with van der Waals surface area (Å²) in [6, 6.07) is 0. The Hall–Kier alpha value is -0.0400. The van der Waals surface area contributed by atoms with Crippen LogP contribution in [-0.4, -0.2) is 13.1 Å². The third kappa shape index (κ3) is 8.06. The molecule has 0 aliphatic carbocycles. The lowest BCUT2D eigenvalue weighted by molar-refractivity contribution is 0.442. The average molecular weight is 171 g/mol. The second-order valence-corrected chi connectivity index (χ2v) is 4.30. The van der Waals surface area contributed by atoms with E-state index in [1.807, 2.05) is 0 Å². The molecule has 0 aliphatic rings. The van der Waals surface area contributed by atoms with Gasteiger partial charge in [-0.25, -0.2) is 0 Å². The van der Waals surface area contributed by atoms with E-state index in [0.717, 1.165) is 18.4 Å². The van der Waals surface area contributed by atoms with E-state index >= 15 is 0 Å². The van der Waals surface area contributed by atoms with Crippen LogP contribution in [0.5, 0.6) is 0 Å². The van der Waals surface area contributed by atoms with E-state index in [9.17, 15) is 0 Å². The van der Waals surface area contributed by atoms with Gasteiger partial charge in [-0.15, -0.1) is 0 Å². The minimum atomic E-state index is 0.781. The maximum Gasteiger partial charge on any atom is -0.00230 e. The Kier molecular flexibility index (Phi) is 7.58. The van der Waals surface area contributed by atoms with Crippen LogP contribution in [0.2, 0.25) is 0 Å². The third-order valence-electron chi connectivity index (χ3n) is 2.10. The summed E-state index contributed by atoms with van der Waals surface area (Å²) in [4.78, 5) is 0. The van der Waals surface area contributed by atoms with E-state index in [-0.39, 0.29) is 0 Å². The molecule has 1 unspecified atom stereocenters. The van der Waals surface area contributed by atoms with E-state index < -0.39 is 0 Å². The first-order valence-electron chi connectivity index (χ1n) is 5.37. The van der Waals surface area contributed by atoms with Crippen LogP contribution < -0.4 is 5.32 Å². The van der Waals surface area contributed by atoms with Crippen LogP contribution in [0.3, 0.4) is 0 Å². The molecule has 0 bridgehead atoms. The second kappa shape index (κ2) is 7.60. The molecule has 1 atom stereocenters. The molecule has 0 heterocycles. The van der Waals surface area contributed by atoms with Crippen LogP contribution in [-0.2, 0) is 0 Å². The Morgan fingerprint density at radius 1 is 1.08 bits per heavy atom. The van der Waals surface area contributed by atoms with Crippen molar-refractivity contribution in [2.75, 3.05) is 13.1 Å². The predicted molar refractivity (Wildman–Crippen MR) is 56.4 cm³/mol. The van der Waals surface area contributed by atoms with Crippen molar-refractivity contribution in [1.82, 2.24) is 5.32 Å². The highest BCUT2D eigenvalue weighted by molar-refractivity contribution is 4.58. The van der Waals surface area contributed by atoms with E-state index in [1.165, 1.54) is 25.8 Å². The lowest BCUT2D eigenvalue weighted by atomic mass is 10.0. The predicted octanol–water partition coefficient (Wildman–Crippen LogP) is 3.06. The fourth-order valence-corrected chi connectivity index (χ4v) is 1.27. The molecule has 0 spiro atoms. The van der Waals surface area contributed by atoms with Gasteiger partial charge in [0.25, 0.3) is 0 Å². The molecule has 74 valence electrons. The van der Waals surface area contributed by atoms with E-state index in [1.54, 1.807) is 0 Å². The molecular formula is C11H25N. The number of hydrogen-bond acceptors (Lipinski definition) is 1. The van der Waals surface area contributed by atoms with Crippen LogP contribution >= 0.6 is 0 Å². The summed E-state index contributed by atoms with van der Waals surface area (Å²) in [5, 5.41) is 3.49. The van der Waals surface area contributed by atoms with Gasteiger partial charge in [-0.05, 0) is 31.3 Å². The summed E-state index contributed by atoms with van der Waals surface area (Å²) >= 11 is 0. The van der Waals surface area contributed by atoms with Gasteiger partial charge in [0.2, 0.25) is 0 Å². The zero-order chi connectivity index (χ0) is 9.40. The quantitative estimate of drug-likeness (QED) is 0.621. The Morgan fingerprint density at radius 3 is 2.25 bits per heavy atom. The van der Waals surface area contributed by atoms with Gasteiger partial charge in [-0.2, -0.15) is 0 Å². The third-order valence-corrected chi connectivity index (χ3v) is 2.10. The van der Waals surface area contributed by atoms with Gasteiger partial charge < -0.3 is 5.32 Å². The Balaban J connectivity index is 3.13. The molecule has 0 rings (SSSR count). The summed E-state index contributed by atoms with van der Waals surface area (Å²) < 4.78 is 0. The molecule has 1 N–H and O–H groups in total. The highest BCUT2D eigenvalue weighted by atomic mass is 14.9. The van der Waals surface area contributed by atoms with Crippen molar-refractivity contribution in [3.63, 3.8) is 0 Å². The standard InChI is InChI=1S/C11H25N/c1-5-6-7-11(4)9-12-8-10(2)3/h10-12H,5-9H2,1-4H3. The first-order valence-corrected chi connectivity index (χ1v) is 5.37. The minimum Gasteiger partial charge on any atom is -0.316 e. The van der Waals surface area contributed by atoms with Crippen LogP contribution in [0.1, 0.15) is 47.0 Å². The molecule has 0 aromatic heterocycles. The molecular weight excluding hydrogens is 146 g/mol. The maximum absolute atomic E-state index is 3.49. The lowest BCUT2D eigenvalue weighted by Crippen LogP contribution is -2.25. The fourth-order valence-electron chi connectivity index (χ4n) is 1.27. The molecule has 1 heteroatoms. The van der Waals surface area contributed by atoms with Crippen molar-refractivity contribution in [2.45, 2.75) is 47.0 Å². The smallest absolute Gasteiger partial charge is 0.00230 e. The summed E-state index contributed by atoms with van der Waals surface area (Å²) in [7, 11) is 0. The average Bonchev–Trinajstić information content (AvgIpc) is 2.00. The molecule has 0 saturated carbocycles. The normalized spacial score (nSPS) is 13.8. The second-order valence-electron chi connectivity index (χ2n) is 4.30. The lowest BCUT2D eigenvalue weighted by Gasteiger charge is -2.13. The van der Waals surface area contributed by atoms with Gasteiger partial charge >= 0.3 is 0 Å². The van der Waals surface area contributed by atoms with Crippen molar-refractivity contribution >= 4 is 0 Å². The minimum absolute atomic E-state index is 0.781. The van der Waals surface area contributed by atoms with Gasteiger partial charge in [-0.3, -0.25) is 0 Å². The topological polar surface area (TPSA) is 12.0 Å². The number of hydrogen-bond donors (Lipinski definition) is 1. The Bertz CT molecular complexity index is 89.0. The van der Waals surface area contributed by atoms with E-state index in [2.05, 4.69) is 33.0 Å². The maximum atomic E-state index is 3.49. The van der Waals surface area contributed by atoms with Crippen molar-refractivity contribution in [3.05, 3.63) is 0 Å². The summed E-state index contributed by atoms with van der Waals surface area (Å²) in [6.07, 6.45) is 4.08. The molecule has 1 nitrogen and oxygen atoms in total. The summed E-state index contributed by atoms with van der Waals surface area (Å²) in [6.45, 7) is 11.5. The zero-order valence-electron chi connectivity index (χ0n) is 9.19. The molecule has 0 radical (unpaired) electrons. The molecule has 0 saturated heterocycles. The number of rotatable bonds is 7. The van der Waals surface area contributed by atoms with Gasteiger partial charge in [-0.1, -0.05) is 40.5 Å². The number of nitrogens with one attached hydrogen (secondary N) is 1. The van der Waals surface area contributed by atoms with Crippen LogP contribution in [0, 0.1) is 11.8 Å². The molecule has 0 fully saturated rings. The van der Waals surface area contributed by atoms with Gasteiger partial charge in [0, 0.05) is 0 Å². The molecule has 0 amide bonds. The Morgan fingerprint density at radius 2 is 1.75 bits per heavy atom. The Labute approximate surface area is 77.9 Å². The van der Waals surface area contributed by atoms with Gasteiger partial charge in [0.1, 0.15) is 0 Å². The van der Waals surface area contributed by atoms with Gasteiger partial charge in [0.05, 0.1) is 0 Å². The molecule has 0 aliphatic heterocycles. The number of unbranched alkanes of at least 4 members (excludes halogenated alkanes) is 1. The SMILES string of the molecule is CCCCC(C)CNCC(C)C. The largest absolute Gasteiger partial charge is 0.316 e. The van der Waals surface area contributed by atoms with Crippen molar-refractivity contribution in [2.24, 2.45) is 11.8 Å². The molecule has 12 heavy (non-hydrogen) atoms. The highest BCUT2D eigenvalue weighted by Crippen LogP contribution is 2.05. The van der Waals surface area contributed by atoms with E-state index in [0.29, 0.717) is 0 Å². The monoisotopic (exact) mass is 171 g/mol. The first-order chi connectivity index (χ1) is 5.66. The summed E-state index contributed by atoms with van der Waals surface area (Å²) in [5.41, 5.74) is 0. The first kappa shape index (κ1) is 12.0. The van der Waals surface area contributed by atoms with Gasteiger partial charge in [0.15, 0.2) is 0 Å². The highest BCUT2D eigenvalue weighted by Gasteiger charge is 2.00. The summed E-state index contributed by atoms with van der Waals surface area (Å²) in [5.74, 6) is 1.63. The molecule has 0 aromatic rings. The van der Waals surface area contributed by atoms with Crippen LogP contribution in [0.25, 0.3) is 0 Å². The van der Waals surface area contributed by atoms with Crippen molar-refractivity contribution in [1.29, 1.82) is 0 Å². The van der Waals surface area contributed by atoms with Crippen LogP contribution in [0.4, 0.5) is 0 Å². The van der Waals surface area contributed by atoms with Crippen LogP contribution in [0.15, 0.2) is 0 Å². The zero-order valence-corrected chi connectivity index (χ0v) is 9.19. The molecule has 0 aromatic carbocycles. The van der Waals surface area contributed by atoms with E-state index in [4.69, 9.17) is 0 Å². The van der Waals surface area contributed by atoms with Crippen molar-refractivity contribution < 1.29 is 0 Å². The van der Waals surface area contributed by atoms with Crippen molar-refractivity contribution in [3.8, 4) is 0 Å². The fraction of sp³-hybridized carbons (Fsp3) is 1.00.